The molecule has 92 valence electrons. The fraction of sp³-hybridized carbons (Fsp3) is 0.500. The van der Waals surface area contributed by atoms with Crippen LogP contribution in [0.5, 0.6) is 0 Å². The molecule has 0 saturated heterocycles. The zero-order valence-corrected chi connectivity index (χ0v) is 9.33. The Morgan fingerprint density at radius 1 is 1.35 bits per heavy atom. The number of aliphatic hydroxyl groups is 3. The molecule has 0 spiro atoms. The largest absolute Gasteiger partial charge is 0.394 e. The van der Waals surface area contributed by atoms with Gasteiger partial charge < -0.3 is 15.3 Å². The summed E-state index contributed by atoms with van der Waals surface area (Å²) in [6, 6.07) is 1.58. The minimum atomic E-state index is -1.24. The molecule has 0 fully saturated rings. The molecule has 5 heteroatoms. The SMILES string of the molecule is O=C1CCCc2c([C@@H](O)[C@H](O)CO)ccnc21. The molecule has 1 aliphatic rings. The Morgan fingerprint density at radius 2 is 2.12 bits per heavy atom. The van der Waals surface area contributed by atoms with Crippen molar-refractivity contribution in [3.63, 3.8) is 0 Å². The van der Waals surface area contributed by atoms with Crippen molar-refractivity contribution in [2.24, 2.45) is 0 Å². The van der Waals surface area contributed by atoms with Gasteiger partial charge in [0, 0.05) is 12.6 Å². The number of hydrogen-bond donors (Lipinski definition) is 3. The molecule has 1 heterocycles. The molecule has 1 aliphatic carbocycles. The predicted molar refractivity (Wildman–Crippen MR) is 59.6 cm³/mol. The zero-order valence-electron chi connectivity index (χ0n) is 9.33. The van der Waals surface area contributed by atoms with Gasteiger partial charge in [-0.25, -0.2) is 0 Å². The number of Topliss-reactive ketones (excluding diaryl/α,β-unsaturated/α-hetero) is 1. The highest BCUT2D eigenvalue weighted by atomic mass is 16.4. The van der Waals surface area contributed by atoms with E-state index in [1.165, 1.54) is 6.20 Å². The Labute approximate surface area is 98.7 Å². The van der Waals surface area contributed by atoms with Crippen LogP contribution in [0.2, 0.25) is 0 Å². The van der Waals surface area contributed by atoms with Crippen molar-refractivity contribution < 1.29 is 20.1 Å². The van der Waals surface area contributed by atoms with Crippen LogP contribution in [0.25, 0.3) is 0 Å². The van der Waals surface area contributed by atoms with Crippen molar-refractivity contribution in [2.45, 2.75) is 31.5 Å². The molecule has 0 aliphatic heterocycles. The summed E-state index contributed by atoms with van der Waals surface area (Å²) < 4.78 is 0. The van der Waals surface area contributed by atoms with Crippen LogP contribution in [-0.2, 0) is 6.42 Å². The van der Waals surface area contributed by atoms with Gasteiger partial charge in [0.2, 0.25) is 0 Å². The normalized spacial score (nSPS) is 18.6. The summed E-state index contributed by atoms with van der Waals surface area (Å²) in [5.74, 6) is -0.0289. The van der Waals surface area contributed by atoms with Gasteiger partial charge in [0.05, 0.1) is 6.61 Å². The number of carbonyl (C=O) groups is 1. The average Bonchev–Trinajstić information content (AvgIpc) is 2.37. The first-order valence-corrected chi connectivity index (χ1v) is 5.63. The lowest BCUT2D eigenvalue weighted by Gasteiger charge is -2.22. The van der Waals surface area contributed by atoms with Gasteiger partial charge in [0.25, 0.3) is 0 Å². The Balaban J connectivity index is 2.42. The standard InChI is InChI=1S/C12H15NO4/c14-6-10(16)12(17)8-4-5-13-11-7(8)2-1-3-9(11)15/h4-5,10,12,14,16-17H,1-3,6H2/t10-,12-/m1/s1. The van der Waals surface area contributed by atoms with Crippen LogP contribution in [-0.4, -0.2) is 38.8 Å². The van der Waals surface area contributed by atoms with Gasteiger partial charge in [0.15, 0.2) is 5.78 Å². The lowest BCUT2D eigenvalue weighted by atomic mass is 9.88. The summed E-state index contributed by atoms with van der Waals surface area (Å²) >= 11 is 0. The van der Waals surface area contributed by atoms with Crippen molar-refractivity contribution in [2.75, 3.05) is 6.61 Å². The third-order valence-corrected chi connectivity index (χ3v) is 3.06. The van der Waals surface area contributed by atoms with Crippen molar-refractivity contribution in [1.82, 2.24) is 4.98 Å². The first kappa shape index (κ1) is 12.2. The highest BCUT2D eigenvalue weighted by molar-refractivity contribution is 5.96. The lowest BCUT2D eigenvalue weighted by molar-refractivity contribution is -0.0157. The molecule has 0 amide bonds. The molecule has 0 unspecified atom stereocenters. The van der Waals surface area contributed by atoms with E-state index in [9.17, 15) is 15.0 Å². The number of carbonyl (C=O) groups excluding carboxylic acids is 1. The second kappa shape index (κ2) is 4.91. The second-order valence-corrected chi connectivity index (χ2v) is 4.20. The first-order chi connectivity index (χ1) is 8.15. The van der Waals surface area contributed by atoms with E-state index in [2.05, 4.69) is 4.98 Å². The number of ketones is 1. The maximum atomic E-state index is 11.6. The van der Waals surface area contributed by atoms with E-state index in [1.807, 2.05) is 0 Å². The minimum absolute atomic E-state index is 0.0289. The second-order valence-electron chi connectivity index (χ2n) is 4.20. The summed E-state index contributed by atoms with van der Waals surface area (Å²) in [7, 11) is 0. The maximum Gasteiger partial charge on any atom is 0.181 e. The molecule has 2 rings (SSSR count). The monoisotopic (exact) mass is 237 g/mol. The smallest absolute Gasteiger partial charge is 0.181 e. The molecule has 3 N–H and O–H groups in total. The summed E-state index contributed by atoms with van der Waals surface area (Å²) in [5, 5.41) is 28.2. The molecule has 2 atom stereocenters. The van der Waals surface area contributed by atoms with Gasteiger partial charge in [0.1, 0.15) is 17.9 Å². The molecule has 0 radical (unpaired) electrons. The average molecular weight is 237 g/mol. The number of nitrogens with zero attached hydrogens (tertiary/aromatic N) is 1. The summed E-state index contributed by atoms with van der Waals surface area (Å²) in [6.45, 7) is -0.522. The third kappa shape index (κ3) is 2.22. The Bertz CT molecular complexity index is 433. The van der Waals surface area contributed by atoms with E-state index in [0.717, 1.165) is 6.42 Å². The quantitative estimate of drug-likeness (QED) is 0.687. The van der Waals surface area contributed by atoms with E-state index >= 15 is 0 Å². The maximum absolute atomic E-state index is 11.6. The van der Waals surface area contributed by atoms with E-state index in [1.54, 1.807) is 6.07 Å². The van der Waals surface area contributed by atoms with Crippen molar-refractivity contribution in [3.05, 3.63) is 29.1 Å². The summed E-state index contributed by atoms with van der Waals surface area (Å²) in [5.41, 5.74) is 1.58. The molecule has 0 bridgehead atoms. The molecular weight excluding hydrogens is 222 g/mol. The number of aliphatic hydroxyl groups excluding tert-OH is 3. The highest BCUT2D eigenvalue weighted by Crippen LogP contribution is 2.28. The fourth-order valence-electron chi connectivity index (χ4n) is 2.14. The molecule has 17 heavy (non-hydrogen) atoms. The summed E-state index contributed by atoms with van der Waals surface area (Å²) in [6.07, 6.45) is 0.903. The van der Waals surface area contributed by atoms with E-state index in [0.29, 0.717) is 29.7 Å². The van der Waals surface area contributed by atoms with E-state index in [-0.39, 0.29) is 5.78 Å². The van der Waals surface area contributed by atoms with Crippen LogP contribution >= 0.6 is 0 Å². The Morgan fingerprint density at radius 3 is 2.82 bits per heavy atom. The molecule has 0 aromatic carbocycles. The van der Waals surface area contributed by atoms with Crippen molar-refractivity contribution in [3.8, 4) is 0 Å². The van der Waals surface area contributed by atoms with Crippen LogP contribution in [0.1, 0.15) is 40.6 Å². The van der Waals surface area contributed by atoms with Crippen LogP contribution in [0.3, 0.4) is 0 Å². The van der Waals surface area contributed by atoms with Gasteiger partial charge >= 0.3 is 0 Å². The molecule has 1 aromatic rings. The van der Waals surface area contributed by atoms with E-state index in [4.69, 9.17) is 5.11 Å². The molecule has 0 saturated carbocycles. The fourth-order valence-corrected chi connectivity index (χ4v) is 2.14. The Hall–Kier alpha value is -1.30. The number of pyridine rings is 1. The third-order valence-electron chi connectivity index (χ3n) is 3.06. The van der Waals surface area contributed by atoms with E-state index < -0.39 is 18.8 Å². The Kier molecular flexibility index (Phi) is 3.51. The van der Waals surface area contributed by atoms with Gasteiger partial charge in [-0.1, -0.05) is 0 Å². The van der Waals surface area contributed by atoms with Crippen LogP contribution in [0.4, 0.5) is 0 Å². The zero-order chi connectivity index (χ0) is 12.4. The number of hydrogen-bond acceptors (Lipinski definition) is 5. The number of aromatic nitrogens is 1. The van der Waals surface area contributed by atoms with Gasteiger partial charge in [-0.15, -0.1) is 0 Å². The van der Waals surface area contributed by atoms with Crippen LogP contribution in [0, 0.1) is 0 Å². The molecule has 5 nitrogen and oxygen atoms in total. The molecule has 1 aromatic heterocycles. The lowest BCUT2D eigenvalue weighted by Crippen LogP contribution is -2.25. The predicted octanol–water partition coefficient (Wildman–Crippen LogP) is -0.0128. The van der Waals surface area contributed by atoms with Crippen LogP contribution < -0.4 is 0 Å². The van der Waals surface area contributed by atoms with Gasteiger partial charge in [-0.2, -0.15) is 0 Å². The highest BCUT2D eigenvalue weighted by Gasteiger charge is 2.26. The molecular formula is C12H15NO4. The topological polar surface area (TPSA) is 90.7 Å². The van der Waals surface area contributed by atoms with Crippen LogP contribution in [0.15, 0.2) is 12.3 Å². The van der Waals surface area contributed by atoms with Crippen molar-refractivity contribution in [1.29, 1.82) is 0 Å². The van der Waals surface area contributed by atoms with Crippen molar-refractivity contribution >= 4 is 5.78 Å². The first-order valence-electron chi connectivity index (χ1n) is 5.63. The van der Waals surface area contributed by atoms with Gasteiger partial charge in [-0.3, -0.25) is 9.78 Å². The van der Waals surface area contributed by atoms with Gasteiger partial charge in [-0.05, 0) is 30.0 Å². The number of fused-ring (bicyclic) bond motifs is 1. The minimum Gasteiger partial charge on any atom is -0.394 e. The number of rotatable bonds is 3. The summed E-state index contributed by atoms with van der Waals surface area (Å²) in [4.78, 5) is 15.7.